The molecule has 114 valence electrons. The Bertz CT molecular complexity index is 513. The van der Waals surface area contributed by atoms with Crippen LogP contribution in [-0.2, 0) is 20.7 Å². The van der Waals surface area contributed by atoms with Crippen molar-refractivity contribution in [3.05, 3.63) is 41.5 Å². The number of benzene rings is 1. The third kappa shape index (κ3) is 7.30. The summed E-state index contributed by atoms with van der Waals surface area (Å²) in [5, 5.41) is 0. The van der Waals surface area contributed by atoms with E-state index in [9.17, 15) is 9.59 Å². The van der Waals surface area contributed by atoms with Crippen LogP contribution in [0.5, 0.6) is 5.75 Å². The van der Waals surface area contributed by atoms with Crippen LogP contribution in [0, 0.1) is 0 Å². The fourth-order valence-electron chi connectivity index (χ4n) is 1.59. The molecule has 0 aliphatic rings. The third-order valence-electron chi connectivity index (χ3n) is 2.81. The SMILES string of the molecule is CCc1cccc(OC(=O)CCC(=O)OCC=C(C)C)c1. The molecule has 0 unspecified atom stereocenters. The summed E-state index contributed by atoms with van der Waals surface area (Å²) >= 11 is 0. The van der Waals surface area contributed by atoms with Crippen molar-refractivity contribution >= 4 is 11.9 Å². The quantitative estimate of drug-likeness (QED) is 0.438. The molecule has 0 amide bonds. The number of allylic oxidation sites excluding steroid dienone is 1. The summed E-state index contributed by atoms with van der Waals surface area (Å²) in [6.45, 7) is 6.13. The zero-order valence-electron chi connectivity index (χ0n) is 12.8. The van der Waals surface area contributed by atoms with Crippen molar-refractivity contribution in [2.24, 2.45) is 0 Å². The third-order valence-corrected chi connectivity index (χ3v) is 2.81. The van der Waals surface area contributed by atoms with Crippen LogP contribution in [0.15, 0.2) is 35.9 Å². The Morgan fingerprint density at radius 1 is 1.14 bits per heavy atom. The van der Waals surface area contributed by atoms with Gasteiger partial charge in [0.15, 0.2) is 0 Å². The van der Waals surface area contributed by atoms with Gasteiger partial charge >= 0.3 is 11.9 Å². The second-order valence-corrected chi connectivity index (χ2v) is 4.94. The average molecular weight is 290 g/mol. The van der Waals surface area contributed by atoms with E-state index in [0.29, 0.717) is 5.75 Å². The van der Waals surface area contributed by atoms with Gasteiger partial charge in [0.05, 0.1) is 12.8 Å². The summed E-state index contributed by atoms with van der Waals surface area (Å²) < 4.78 is 10.2. The minimum absolute atomic E-state index is 0.0179. The molecule has 0 aliphatic heterocycles. The van der Waals surface area contributed by atoms with Crippen LogP contribution in [0.3, 0.4) is 0 Å². The normalized spacial score (nSPS) is 9.86. The van der Waals surface area contributed by atoms with Gasteiger partial charge in [-0.1, -0.05) is 24.6 Å². The van der Waals surface area contributed by atoms with Gasteiger partial charge in [-0.25, -0.2) is 0 Å². The first-order valence-electron chi connectivity index (χ1n) is 7.10. The predicted octanol–water partition coefficient (Wildman–Crippen LogP) is 3.44. The number of esters is 2. The highest BCUT2D eigenvalue weighted by Crippen LogP contribution is 2.14. The van der Waals surface area contributed by atoms with E-state index in [4.69, 9.17) is 9.47 Å². The molecule has 1 aromatic rings. The van der Waals surface area contributed by atoms with Gasteiger partial charge < -0.3 is 9.47 Å². The number of carbonyl (C=O) groups is 2. The van der Waals surface area contributed by atoms with Gasteiger partial charge in [-0.05, 0) is 44.0 Å². The van der Waals surface area contributed by atoms with Gasteiger partial charge in [-0.3, -0.25) is 9.59 Å². The van der Waals surface area contributed by atoms with Crippen LogP contribution < -0.4 is 4.74 Å². The van der Waals surface area contributed by atoms with Gasteiger partial charge in [-0.15, -0.1) is 0 Å². The zero-order valence-corrected chi connectivity index (χ0v) is 12.8. The standard InChI is InChI=1S/C17H22O4/c1-4-14-6-5-7-15(12-14)21-17(19)9-8-16(18)20-11-10-13(2)3/h5-7,10,12H,4,8-9,11H2,1-3H3. The summed E-state index contributed by atoms with van der Waals surface area (Å²) in [5.41, 5.74) is 2.18. The lowest BCUT2D eigenvalue weighted by atomic mass is 10.2. The fourth-order valence-corrected chi connectivity index (χ4v) is 1.59. The van der Waals surface area contributed by atoms with E-state index in [2.05, 4.69) is 0 Å². The molecule has 4 heteroatoms. The number of carbonyl (C=O) groups excluding carboxylic acids is 2. The van der Waals surface area contributed by atoms with E-state index in [1.165, 1.54) is 0 Å². The summed E-state index contributed by atoms with van der Waals surface area (Å²) in [7, 11) is 0. The molecule has 0 bridgehead atoms. The van der Waals surface area contributed by atoms with Gasteiger partial charge in [0, 0.05) is 0 Å². The number of aryl methyl sites for hydroxylation is 1. The first-order chi connectivity index (χ1) is 10.0. The van der Waals surface area contributed by atoms with Gasteiger partial charge in [0.1, 0.15) is 12.4 Å². The van der Waals surface area contributed by atoms with E-state index < -0.39 is 11.9 Å². The lowest BCUT2D eigenvalue weighted by molar-refractivity contribution is -0.146. The Kier molecular flexibility index (Phi) is 7.23. The maximum atomic E-state index is 11.7. The van der Waals surface area contributed by atoms with Crippen LogP contribution in [-0.4, -0.2) is 18.5 Å². The lowest BCUT2D eigenvalue weighted by Crippen LogP contribution is -2.12. The maximum Gasteiger partial charge on any atom is 0.311 e. The monoisotopic (exact) mass is 290 g/mol. The van der Waals surface area contributed by atoms with Crippen molar-refractivity contribution in [2.45, 2.75) is 40.0 Å². The van der Waals surface area contributed by atoms with E-state index in [-0.39, 0.29) is 19.4 Å². The first kappa shape index (κ1) is 17.0. The van der Waals surface area contributed by atoms with Crippen molar-refractivity contribution in [1.29, 1.82) is 0 Å². The second kappa shape index (κ2) is 8.95. The smallest absolute Gasteiger partial charge is 0.311 e. The van der Waals surface area contributed by atoms with Crippen LogP contribution in [0.1, 0.15) is 39.2 Å². The molecule has 0 heterocycles. The van der Waals surface area contributed by atoms with E-state index in [1.54, 1.807) is 6.07 Å². The van der Waals surface area contributed by atoms with Crippen molar-refractivity contribution in [1.82, 2.24) is 0 Å². The van der Waals surface area contributed by atoms with E-state index in [0.717, 1.165) is 17.6 Å². The molecule has 1 rings (SSSR count). The molecule has 0 N–H and O–H groups in total. The molecule has 0 saturated carbocycles. The topological polar surface area (TPSA) is 52.6 Å². The number of hydrogen-bond acceptors (Lipinski definition) is 4. The summed E-state index contributed by atoms with van der Waals surface area (Å²) in [6.07, 6.45) is 2.74. The Hall–Kier alpha value is -2.10. The Morgan fingerprint density at radius 3 is 2.52 bits per heavy atom. The highest BCUT2D eigenvalue weighted by Gasteiger charge is 2.10. The van der Waals surface area contributed by atoms with Crippen molar-refractivity contribution in [3.8, 4) is 5.75 Å². The van der Waals surface area contributed by atoms with Crippen molar-refractivity contribution in [3.63, 3.8) is 0 Å². The second-order valence-electron chi connectivity index (χ2n) is 4.94. The number of rotatable bonds is 7. The predicted molar refractivity (Wildman–Crippen MR) is 81.1 cm³/mol. The molecule has 0 saturated heterocycles. The Morgan fingerprint density at radius 2 is 1.86 bits per heavy atom. The van der Waals surface area contributed by atoms with Crippen LogP contribution in [0.2, 0.25) is 0 Å². The molecule has 1 aromatic carbocycles. The Labute approximate surface area is 125 Å². The Balaban J connectivity index is 2.33. The fraction of sp³-hybridized carbons (Fsp3) is 0.412. The molecular formula is C17H22O4. The average Bonchev–Trinajstić information content (AvgIpc) is 2.45. The molecule has 0 aliphatic carbocycles. The number of hydrogen-bond donors (Lipinski definition) is 0. The zero-order chi connectivity index (χ0) is 15.7. The van der Waals surface area contributed by atoms with Gasteiger partial charge in [0.25, 0.3) is 0 Å². The molecule has 0 fully saturated rings. The van der Waals surface area contributed by atoms with Gasteiger partial charge in [-0.2, -0.15) is 0 Å². The minimum atomic E-state index is -0.428. The van der Waals surface area contributed by atoms with Crippen molar-refractivity contribution < 1.29 is 19.1 Å². The molecule has 0 atom stereocenters. The number of ether oxygens (including phenoxy) is 2. The molecule has 21 heavy (non-hydrogen) atoms. The first-order valence-corrected chi connectivity index (χ1v) is 7.10. The van der Waals surface area contributed by atoms with Crippen molar-refractivity contribution in [2.75, 3.05) is 6.61 Å². The molecule has 0 spiro atoms. The largest absolute Gasteiger partial charge is 0.461 e. The minimum Gasteiger partial charge on any atom is -0.461 e. The lowest BCUT2D eigenvalue weighted by Gasteiger charge is -2.06. The summed E-state index contributed by atoms with van der Waals surface area (Å²) in [6, 6.07) is 7.36. The molecular weight excluding hydrogens is 268 g/mol. The molecule has 4 nitrogen and oxygen atoms in total. The summed E-state index contributed by atoms with van der Waals surface area (Å²) in [5.74, 6) is -0.313. The van der Waals surface area contributed by atoms with E-state index >= 15 is 0 Å². The van der Waals surface area contributed by atoms with Gasteiger partial charge in [0.2, 0.25) is 0 Å². The summed E-state index contributed by atoms with van der Waals surface area (Å²) in [4.78, 5) is 23.1. The highest BCUT2D eigenvalue weighted by atomic mass is 16.5. The molecule has 0 aromatic heterocycles. The molecule has 0 radical (unpaired) electrons. The van der Waals surface area contributed by atoms with E-state index in [1.807, 2.05) is 45.0 Å². The van der Waals surface area contributed by atoms with Crippen LogP contribution >= 0.6 is 0 Å². The maximum absolute atomic E-state index is 11.7. The van der Waals surface area contributed by atoms with Crippen LogP contribution in [0.4, 0.5) is 0 Å². The highest BCUT2D eigenvalue weighted by molar-refractivity contribution is 5.79. The van der Waals surface area contributed by atoms with Crippen LogP contribution in [0.25, 0.3) is 0 Å².